The Hall–Kier alpha value is -1.20. The topological polar surface area (TPSA) is 43.4 Å². The number of nitrogens with one attached hydrogen (secondary N) is 1. The van der Waals surface area contributed by atoms with Crippen LogP contribution in [-0.2, 0) is 10.4 Å². The van der Waals surface area contributed by atoms with Gasteiger partial charge in [-0.05, 0) is 13.0 Å². The SMILES string of the molecule is COc1cncc(C(C)(F)CC2COCCN2)c1. The number of morpholine rings is 1. The third kappa shape index (κ3) is 3.17. The Balaban J connectivity index is 2.08. The van der Waals surface area contributed by atoms with Gasteiger partial charge in [0.25, 0.3) is 0 Å². The summed E-state index contributed by atoms with van der Waals surface area (Å²) in [5.41, 5.74) is -0.908. The van der Waals surface area contributed by atoms with E-state index in [0.717, 1.165) is 6.54 Å². The van der Waals surface area contributed by atoms with Crippen LogP contribution in [0, 0.1) is 0 Å². The molecule has 0 saturated carbocycles. The van der Waals surface area contributed by atoms with Gasteiger partial charge < -0.3 is 14.8 Å². The monoisotopic (exact) mass is 254 g/mol. The van der Waals surface area contributed by atoms with E-state index >= 15 is 0 Å². The molecule has 4 nitrogen and oxygen atoms in total. The van der Waals surface area contributed by atoms with Gasteiger partial charge in [0.2, 0.25) is 0 Å². The van der Waals surface area contributed by atoms with E-state index in [-0.39, 0.29) is 6.04 Å². The summed E-state index contributed by atoms with van der Waals surface area (Å²) in [5, 5.41) is 3.26. The van der Waals surface area contributed by atoms with Crippen LogP contribution in [-0.4, -0.2) is 37.9 Å². The van der Waals surface area contributed by atoms with Gasteiger partial charge in [0.05, 0.1) is 26.5 Å². The maximum Gasteiger partial charge on any atom is 0.137 e. The Kier molecular flexibility index (Phi) is 4.14. The molecule has 0 radical (unpaired) electrons. The van der Waals surface area contributed by atoms with Crippen LogP contribution in [0.3, 0.4) is 0 Å². The fourth-order valence-corrected chi connectivity index (χ4v) is 2.15. The summed E-state index contributed by atoms with van der Waals surface area (Å²) in [6, 6.07) is 1.73. The number of hydrogen-bond donors (Lipinski definition) is 1. The van der Waals surface area contributed by atoms with Crippen molar-refractivity contribution in [1.82, 2.24) is 10.3 Å². The van der Waals surface area contributed by atoms with Gasteiger partial charge in [0.15, 0.2) is 0 Å². The highest BCUT2D eigenvalue weighted by Gasteiger charge is 2.31. The van der Waals surface area contributed by atoms with Crippen molar-refractivity contribution in [3.63, 3.8) is 0 Å². The number of aromatic nitrogens is 1. The maximum atomic E-state index is 14.7. The number of rotatable bonds is 4. The molecule has 2 unspecified atom stereocenters. The van der Waals surface area contributed by atoms with Crippen LogP contribution in [0.25, 0.3) is 0 Å². The molecule has 1 aliphatic rings. The third-order valence-electron chi connectivity index (χ3n) is 3.18. The van der Waals surface area contributed by atoms with Gasteiger partial charge in [-0.15, -0.1) is 0 Å². The normalized spacial score (nSPS) is 23.4. The predicted octanol–water partition coefficient (Wildman–Crippen LogP) is 1.65. The molecular formula is C13H19FN2O2. The highest BCUT2D eigenvalue weighted by Crippen LogP contribution is 2.32. The average Bonchev–Trinajstić information content (AvgIpc) is 2.39. The van der Waals surface area contributed by atoms with Gasteiger partial charge in [-0.1, -0.05) is 0 Å². The number of pyridine rings is 1. The molecule has 0 spiro atoms. The first-order valence-electron chi connectivity index (χ1n) is 6.11. The van der Waals surface area contributed by atoms with Gasteiger partial charge in [-0.25, -0.2) is 4.39 Å². The quantitative estimate of drug-likeness (QED) is 0.887. The summed E-state index contributed by atoms with van der Waals surface area (Å²) in [5.74, 6) is 0.573. The lowest BCUT2D eigenvalue weighted by atomic mass is 9.91. The van der Waals surface area contributed by atoms with Crippen molar-refractivity contribution >= 4 is 0 Å². The molecule has 1 aromatic heterocycles. The van der Waals surface area contributed by atoms with Crippen LogP contribution in [0.15, 0.2) is 18.5 Å². The van der Waals surface area contributed by atoms with Crippen LogP contribution in [0.1, 0.15) is 18.9 Å². The van der Waals surface area contributed by atoms with Crippen molar-refractivity contribution in [3.8, 4) is 5.75 Å². The number of ether oxygens (including phenoxy) is 2. The van der Waals surface area contributed by atoms with Crippen LogP contribution in [0.2, 0.25) is 0 Å². The second-order valence-electron chi connectivity index (χ2n) is 4.74. The molecule has 0 aromatic carbocycles. The lowest BCUT2D eigenvalue weighted by molar-refractivity contribution is 0.0473. The van der Waals surface area contributed by atoms with E-state index in [1.807, 2.05) is 0 Å². The summed E-state index contributed by atoms with van der Waals surface area (Å²) < 4.78 is 25.1. The largest absolute Gasteiger partial charge is 0.495 e. The molecule has 1 saturated heterocycles. The van der Waals surface area contributed by atoms with Gasteiger partial charge in [0.1, 0.15) is 11.4 Å². The first kappa shape index (κ1) is 13.2. The molecule has 1 aliphatic heterocycles. The molecule has 18 heavy (non-hydrogen) atoms. The summed E-state index contributed by atoms with van der Waals surface area (Å²) in [7, 11) is 1.55. The lowest BCUT2D eigenvalue weighted by Crippen LogP contribution is -2.44. The molecule has 5 heteroatoms. The van der Waals surface area contributed by atoms with Crippen molar-refractivity contribution in [1.29, 1.82) is 0 Å². The number of nitrogens with zero attached hydrogens (tertiary/aromatic N) is 1. The smallest absolute Gasteiger partial charge is 0.137 e. The summed E-state index contributed by atoms with van der Waals surface area (Å²) in [4.78, 5) is 4.00. The minimum atomic E-state index is -1.44. The van der Waals surface area contributed by atoms with E-state index in [1.54, 1.807) is 32.5 Å². The average molecular weight is 254 g/mol. The second-order valence-corrected chi connectivity index (χ2v) is 4.74. The highest BCUT2D eigenvalue weighted by atomic mass is 19.1. The zero-order chi connectivity index (χ0) is 13.0. The molecule has 0 amide bonds. The van der Waals surface area contributed by atoms with E-state index in [9.17, 15) is 4.39 Å². The molecule has 2 heterocycles. The summed E-state index contributed by atoms with van der Waals surface area (Å²) in [6.45, 7) is 3.59. The highest BCUT2D eigenvalue weighted by molar-refractivity contribution is 5.27. The Bertz CT molecular complexity index is 392. The molecule has 1 fully saturated rings. The molecule has 0 bridgehead atoms. The number of halogens is 1. The van der Waals surface area contributed by atoms with E-state index < -0.39 is 5.67 Å². The standard InChI is InChI=1S/C13H19FN2O2/c1-13(14,6-11-9-18-4-3-16-11)10-5-12(17-2)8-15-7-10/h5,7-8,11,16H,3-4,6,9H2,1-2H3. The Morgan fingerprint density at radius 3 is 3.11 bits per heavy atom. The number of alkyl halides is 1. The zero-order valence-corrected chi connectivity index (χ0v) is 10.8. The van der Waals surface area contributed by atoms with Crippen LogP contribution >= 0.6 is 0 Å². The Morgan fingerprint density at radius 2 is 2.44 bits per heavy atom. The summed E-state index contributed by atoms with van der Waals surface area (Å²) in [6.07, 6.45) is 3.48. The minimum absolute atomic E-state index is 0.0416. The fourth-order valence-electron chi connectivity index (χ4n) is 2.15. The van der Waals surface area contributed by atoms with Crippen molar-refractivity contribution in [2.24, 2.45) is 0 Å². The lowest BCUT2D eigenvalue weighted by Gasteiger charge is -2.30. The number of methoxy groups -OCH3 is 1. The number of hydrogen-bond acceptors (Lipinski definition) is 4. The molecule has 2 atom stereocenters. The Morgan fingerprint density at radius 1 is 1.61 bits per heavy atom. The fraction of sp³-hybridized carbons (Fsp3) is 0.615. The van der Waals surface area contributed by atoms with E-state index in [4.69, 9.17) is 9.47 Å². The third-order valence-corrected chi connectivity index (χ3v) is 3.18. The zero-order valence-electron chi connectivity index (χ0n) is 10.8. The van der Waals surface area contributed by atoms with E-state index in [2.05, 4.69) is 10.3 Å². The van der Waals surface area contributed by atoms with Crippen LogP contribution < -0.4 is 10.1 Å². The first-order chi connectivity index (χ1) is 8.62. The van der Waals surface area contributed by atoms with Gasteiger partial charge >= 0.3 is 0 Å². The molecule has 1 aromatic rings. The van der Waals surface area contributed by atoms with E-state index in [1.165, 1.54) is 0 Å². The summed E-state index contributed by atoms with van der Waals surface area (Å²) >= 11 is 0. The van der Waals surface area contributed by atoms with E-state index in [0.29, 0.717) is 30.9 Å². The molecular weight excluding hydrogens is 235 g/mol. The first-order valence-corrected chi connectivity index (χ1v) is 6.11. The maximum absolute atomic E-state index is 14.7. The van der Waals surface area contributed by atoms with Crippen LogP contribution in [0.5, 0.6) is 5.75 Å². The van der Waals surface area contributed by atoms with Crippen molar-refractivity contribution < 1.29 is 13.9 Å². The predicted molar refractivity (Wildman–Crippen MR) is 66.5 cm³/mol. The second kappa shape index (κ2) is 5.63. The molecule has 2 rings (SSSR count). The van der Waals surface area contributed by atoms with Crippen molar-refractivity contribution in [2.45, 2.75) is 25.1 Å². The minimum Gasteiger partial charge on any atom is -0.495 e. The van der Waals surface area contributed by atoms with Gasteiger partial charge in [-0.2, -0.15) is 0 Å². The Labute approximate surface area is 107 Å². The van der Waals surface area contributed by atoms with Crippen molar-refractivity contribution in [2.75, 3.05) is 26.9 Å². The molecule has 1 N–H and O–H groups in total. The van der Waals surface area contributed by atoms with Gasteiger partial charge in [-0.3, -0.25) is 4.98 Å². The van der Waals surface area contributed by atoms with Gasteiger partial charge in [0, 0.05) is 30.8 Å². The molecule has 100 valence electrons. The van der Waals surface area contributed by atoms with Crippen molar-refractivity contribution in [3.05, 3.63) is 24.0 Å². The van der Waals surface area contributed by atoms with Crippen LogP contribution in [0.4, 0.5) is 4.39 Å². The molecule has 0 aliphatic carbocycles.